The van der Waals surface area contributed by atoms with Gasteiger partial charge in [0.25, 0.3) is 0 Å². The van der Waals surface area contributed by atoms with Crippen LogP contribution in [0.1, 0.15) is 38.2 Å². The number of carbonyl (C=O) groups is 2. The second-order valence-corrected chi connectivity index (χ2v) is 7.95. The van der Waals surface area contributed by atoms with Gasteiger partial charge in [-0.15, -0.1) is 0 Å². The fraction of sp³-hybridized carbons (Fsp3) is 0.417. The van der Waals surface area contributed by atoms with Gasteiger partial charge in [0.15, 0.2) is 0 Å². The number of anilines is 1. The lowest BCUT2D eigenvalue weighted by atomic mass is 10.0. The average Bonchev–Trinajstić information content (AvgIpc) is 2.86. The number of benzene rings is 1. The van der Waals surface area contributed by atoms with Crippen molar-refractivity contribution in [3.05, 3.63) is 42.0 Å². The van der Waals surface area contributed by atoms with Crippen molar-refractivity contribution in [2.45, 2.75) is 39.2 Å². The highest BCUT2D eigenvalue weighted by atomic mass is 19.1. The lowest BCUT2D eigenvalue weighted by Crippen LogP contribution is -2.35. The summed E-state index contributed by atoms with van der Waals surface area (Å²) in [7, 11) is 0. The first-order chi connectivity index (χ1) is 17.4. The summed E-state index contributed by atoms with van der Waals surface area (Å²) in [6.45, 7) is 3.29. The maximum atomic E-state index is 15.0. The van der Waals surface area contributed by atoms with Crippen molar-refractivity contribution in [3.8, 4) is 11.1 Å². The van der Waals surface area contributed by atoms with Crippen molar-refractivity contribution in [1.29, 1.82) is 5.41 Å². The maximum absolute atomic E-state index is 15.0. The van der Waals surface area contributed by atoms with E-state index in [1.54, 1.807) is 31.5 Å². The van der Waals surface area contributed by atoms with Gasteiger partial charge < -0.3 is 24.9 Å². The van der Waals surface area contributed by atoms with Gasteiger partial charge in [-0.25, -0.2) is 14.4 Å². The number of carbonyl (C=O) groups excluding carboxylic acids is 2. The van der Waals surface area contributed by atoms with E-state index in [-0.39, 0.29) is 49.0 Å². The summed E-state index contributed by atoms with van der Waals surface area (Å²) in [6.07, 6.45) is 4.25. The molecule has 12 heteroatoms. The Morgan fingerprint density at radius 2 is 1.89 bits per heavy atom. The largest absolute Gasteiger partial charge is 0.466 e. The molecule has 1 aliphatic rings. The molecule has 0 unspecified atom stereocenters. The maximum Gasteiger partial charge on any atom is 0.313 e. The molecule has 36 heavy (non-hydrogen) atoms. The molecule has 2 aromatic rings. The molecule has 3 rings (SSSR count). The van der Waals surface area contributed by atoms with Gasteiger partial charge in [0.05, 0.1) is 18.7 Å². The summed E-state index contributed by atoms with van der Waals surface area (Å²) in [6, 6.07) is 4.77. The van der Waals surface area contributed by atoms with Crippen LogP contribution in [0.4, 0.5) is 10.3 Å². The number of piperidine rings is 1. The van der Waals surface area contributed by atoms with Gasteiger partial charge in [0, 0.05) is 55.0 Å². The topological polar surface area (TPSA) is 153 Å². The Balaban J connectivity index is 1.54. The van der Waals surface area contributed by atoms with Gasteiger partial charge in [-0.05, 0) is 6.92 Å². The van der Waals surface area contributed by atoms with Crippen LogP contribution >= 0.6 is 0 Å². The highest BCUT2D eigenvalue weighted by molar-refractivity contribution is 5.94. The summed E-state index contributed by atoms with van der Waals surface area (Å²) in [5.74, 6) is -1.34. The van der Waals surface area contributed by atoms with E-state index in [4.69, 9.17) is 25.5 Å². The number of hydrogen-bond acceptors (Lipinski definition) is 10. The summed E-state index contributed by atoms with van der Waals surface area (Å²) in [4.78, 5) is 38.9. The van der Waals surface area contributed by atoms with E-state index in [9.17, 15) is 9.59 Å². The number of nitrogens with one attached hydrogen (secondary N) is 1. The third kappa shape index (κ3) is 7.72. The minimum atomic E-state index is -0.696. The monoisotopic (exact) mass is 500 g/mol. The highest BCUT2D eigenvalue weighted by Gasteiger charge is 2.19. The van der Waals surface area contributed by atoms with Crippen molar-refractivity contribution in [2.24, 2.45) is 10.9 Å². The Morgan fingerprint density at radius 3 is 2.56 bits per heavy atom. The van der Waals surface area contributed by atoms with Crippen molar-refractivity contribution in [1.82, 2.24) is 9.97 Å². The van der Waals surface area contributed by atoms with Crippen LogP contribution in [0.2, 0.25) is 0 Å². The van der Waals surface area contributed by atoms with E-state index >= 15 is 4.39 Å². The van der Waals surface area contributed by atoms with E-state index in [1.807, 2.05) is 4.90 Å². The fourth-order valence-corrected chi connectivity index (χ4v) is 3.46. The van der Waals surface area contributed by atoms with Crippen LogP contribution in [0.5, 0.6) is 0 Å². The summed E-state index contributed by atoms with van der Waals surface area (Å²) in [5, 5.41) is 11.2. The number of nitrogens with zero attached hydrogens (tertiary/aromatic N) is 4. The van der Waals surface area contributed by atoms with Crippen LogP contribution in [0.25, 0.3) is 11.1 Å². The zero-order chi connectivity index (χ0) is 25.9. The molecule has 0 spiro atoms. The molecule has 11 nitrogen and oxygen atoms in total. The minimum absolute atomic E-state index is 0.158. The number of nitrogens with two attached hydrogens (primary N) is 1. The normalized spacial score (nSPS) is 13.2. The zero-order valence-corrected chi connectivity index (χ0v) is 20.0. The number of ether oxygens (including phenoxy) is 2. The molecule has 0 saturated carbocycles. The number of halogens is 1. The number of esters is 2. The quantitative estimate of drug-likeness (QED) is 0.156. The molecule has 0 aliphatic carbocycles. The fourth-order valence-electron chi connectivity index (χ4n) is 3.46. The van der Waals surface area contributed by atoms with Gasteiger partial charge in [-0.2, -0.15) is 0 Å². The third-order valence-electron chi connectivity index (χ3n) is 5.27. The molecule has 1 aromatic heterocycles. The van der Waals surface area contributed by atoms with Crippen molar-refractivity contribution in [3.63, 3.8) is 0 Å². The smallest absolute Gasteiger partial charge is 0.313 e. The molecule has 1 aliphatic heterocycles. The molecule has 0 amide bonds. The number of oxime groups is 1. The molecule has 1 fully saturated rings. The van der Waals surface area contributed by atoms with Crippen LogP contribution in [0, 0.1) is 11.2 Å². The average molecular weight is 501 g/mol. The standard InChI is InChI=1S/C24H29FN6O5/c1-2-34-21(32)8-11-36-30-18-6-9-31(10-7-18)24-28-13-17(14-29-24)19-5-3-4-16(23(19)25)15-35-22(33)12-20(26)27/h3-5,13-14H,2,6-12,15H2,1H3,(H3,26,27). The lowest BCUT2D eigenvalue weighted by molar-refractivity contribution is -0.144. The second kappa shape index (κ2) is 13.1. The first-order valence-corrected chi connectivity index (χ1v) is 11.5. The molecule has 3 N–H and O–H groups in total. The first kappa shape index (κ1) is 26.5. The summed E-state index contributed by atoms with van der Waals surface area (Å²) in [5.41, 5.74) is 7.04. The number of rotatable bonds is 11. The zero-order valence-electron chi connectivity index (χ0n) is 20.0. The van der Waals surface area contributed by atoms with Crippen LogP contribution in [-0.4, -0.2) is 59.8 Å². The van der Waals surface area contributed by atoms with Crippen molar-refractivity contribution in [2.75, 3.05) is 31.2 Å². The predicted octanol–water partition coefficient (Wildman–Crippen LogP) is 2.58. The molecule has 1 saturated heterocycles. The molecular weight excluding hydrogens is 471 g/mol. The molecule has 0 atom stereocenters. The second-order valence-electron chi connectivity index (χ2n) is 7.95. The van der Waals surface area contributed by atoms with Gasteiger partial charge >= 0.3 is 11.9 Å². The Labute approximate surface area is 207 Å². The SMILES string of the molecule is CCOC(=O)CCON=C1CCN(c2ncc(-c3cccc(COC(=O)CC(=N)N)c3F)cn2)CC1. The minimum Gasteiger partial charge on any atom is -0.466 e. The van der Waals surface area contributed by atoms with Gasteiger partial charge in [-0.3, -0.25) is 15.0 Å². The van der Waals surface area contributed by atoms with E-state index in [2.05, 4.69) is 15.1 Å². The van der Waals surface area contributed by atoms with E-state index in [1.165, 1.54) is 6.07 Å². The number of amidine groups is 1. The van der Waals surface area contributed by atoms with Crippen LogP contribution < -0.4 is 10.6 Å². The van der Waals surface area contributed by atoms with E-state index in [0.29, 0.717) is 44.0 Å². The molecule has 192 valence electrons. The number of aromatic nitrogens is 2. The summed E-state index contributed by atoms with van der Waals surface area (Å²) < 4.78 is 24.8. The van der Waals surface area contributed by atoms with Gasteiger partial charge in [0.1, 0.15) is 31.3 Å². The predicted molar refractivity (Wildman–Crippen MR) is 130 cm³/mol. The molecule has 1 aromatic carbocycles. The van der Waals surface area contributed by atoms with Crippen molar-refractivity contribution < 1.29 is 28.3 Å². The third-order valence-corrected chi connectivity index (χ3v) is 5.27. The Hall–Kier alpha value is -4.09. The summed E-state index contributed by atoms with van der Waals surface area (Å²) >= 11 is 0. The Morgan fingerprint density at radius 1 is 1.17 bits per heavy atom. The van der Waals surface area contributed by atoms with Crippen molar-refractivity contribution >= 4 is 29.4 Å². The Kier molecular flexibility index (Phi) is 9.66. The van der Waals surface area contributed by atoms with Crippen LogP contribution in [0.3, 0.4) is 0 Å². The van der Waals surface area contributed by atoms with Crippen LogP contribution in [-0.2, 0) is 30.5 Å². The van der Waals surface area contributed by atoms with Gasteiger partial charge in [0.2, 0.25) is 5.95 Å². The number of hydrogen-bond donors (Lipinski definition) is 2. The molecule has 2 heterocycles. The van der Waals surface area contributed by atoms with E-state index in [0.717, 1.165) is 5.71 Å². The van der Waals surface area contributed by atoms with Crippen LogP contribution in [0.15, 0.2) is 35.7 Å². The highest BCUT2D eigenvalue weighted by Crippen LogP contribution is 2.26. The first-order valence-electron chi connectivity index (χ1n) is 11.5. The Bertz CT molecular complexity index is 1100. The lowest BCUT2D eigenvalue weighted by Gasteiger charge is -2.27. The molecular formula is C24H29FN6O5. The van der Waals surface area contributed by atoms with E-state index < -0.39 is 11.8 Å². The molecule has 0 bridgehead atoms. The van der Waals surface area contributed by atoms with Gasteiger partial charge in [-0.1, -0.05) is 23.4 Å². The molecule has 0 radical (unpaired) electrons.